The molecule has 16 heavy (non-hydrogen) atoms. The summed E-state index contributed by atoms with van der Waals surface area (Å²) in [5, 5.41) is 3.28. The normalized spacial score (nSPS) is 8.88. The Bertz CT molecular complexity index is 393. The number of benzene rings is 2. The van der Waals surface area contributed by atoms with E-state index in [2.05, 4.69) is 5.32 Å². The van der Waals surface area contributed by atoms with Gasteiger partial charge in [-0.1, -0.05) is 32.0 Å². The van der Waals surface area contributed by atoms with Crippen molar-refractivity contribution in [2.24, 2.45) is 0 Å². The molecule has 0 heterocycles. The lowest BCUT2D eigenvalue weighted by Crippen LogP contribution is -1.90. The zero-order valence-corrected chi connectivity index (χ0v) is 9.77. The molecular formula is C14H18N2. The van der Waals surface area contributed by atoms with E-state index in [1.165, 1.54) is 0 Å². The van der Waals surface area contributed by atoms with Crippen molar-refractivity contribution in [3.05, 3.63) is 54.6 Å². The van der Waals surface area contributed by atoms with Crippen LogP contribution in [-0.2, 0) is 0 Å². The Hall–Kier alpha value is -1.96. The summed E-state index contributed by atoms with van der Waals surface area (Å²) in [4.78, 5) is 0. The predicted octanol–water partition coefficient (Wildman–Crippen LogP) is 4.04. The minimum Gasteiger partial charge on any atom is -0.399 e. The van der Waals surface area contributed by atoms with Crippen LogP contribution in [0.1, 0.15) is 13.8 Å². The van der Waals surface area contributed by atoms with E-state index >= 15 is 0 Å². The number of para-hydroxylation sites is 1. The molecule has 2 nitrogen and oxygen atoms in total. The van der Waals surface area contributed by atoms with Crippen molar-refractivity contribution in [2.45, 2.75) is 13.8 Å². The molecule has 0 saturated heterocycles. The largest absolute Gasteiger partial charge is 0.399 e. The van der Waals surface area contributed by atoms with Gasteiger partial charge in [0.1, 0.15) is 0 Å². The van der Waals surface area contributed by atoms with Crippen molar-refractivity contribution >= 4 is 17.1 Å². The maximum Gasteiger partial charge on any atom is 0.0385 e. The third-order valence-corrected chi connectivity index (χ3v) is 1.97. The summed E-state index contributed by atoms with van der Waals surface area (Å²) in [7, 11) is 0. The molecule has 0 atom stereocenters. The molecule has 0 amide bonds. The molecule has 2 rings (SSSR count). The first-order valence-electron chi connectivity index (χ1n) is 5.52. The average molecular weight is 214 g/mol. The maximum absolute atomic E-state index is 5.59. The van der Waals surface area contributed by atoms with Crippen molar-refractivity contribution in [3.8, 4) is 0 Å². The van der Waals surface area contributed by atoms with E-state index in [0.29, 0.717) is 0 Å². The highest BCUT2D eigenvalue weighted by atomic mass is 14.9. The van der Waals surface area contributed by atoms with Gasteiger partial charge >= 0.3 is 0 Å². The van der Waals surface area contributed by atoms with E-state index in [1.54, 1.807) is 0 Å². The van der Waals surface area contributed by atoms with E-state index in [1.807, 2.05) is 68.4 Å². The van der Waals surface area contributed by atoms with Gasteiger partial charge in [-0.25, -0.2) is 0 Å². The minimum absolute atomic E-state index is 0.781. The molecule has 0 aliphatic rings. The molecule has 0 bridgehead atoms. The number of hydrogen-bond donors (Lipinski definition) is 2. The standard InChI is InChI=1S/C12H12N2.C2H6/c13-10-6-8-12(9-7-10)14-11-4-2-1-3-5-11;1-2/h1-9,14H,13H2;1-2H3. The molecule has 2 aromatic rings. The van der Waals surface area contributed by atoms with Gasteiger partial charge in [0.05, 0.1) is 0 Å². The molecule has 2 heteroatoms. The Balaban J connectivity index is 0.000000606. The van der Waals surface area contributed by atoms with Gasteiger partial charge in [-0.2, -0.15) is 0 Å². The summed E-state index contributed by atoms with van der Waals surface area (Å²) < 4.78 is 0. The molecule has 0 unspecified atom stereocenters. The smallest absolute Gasteiger partial charge is 0.0385 e. The van der Waals surface area contributed by atoms with Crippen molar-refractivity contribution in [2.75, 3.05) is 11.1 Å². The number of anilines is 3. The van der Waals surface area contributed by atoms with Crippen LogP contribution in [0.5, 0.6) is 0 Å². The Labute approximate surface area is 97.1 Å². The first kappa shape index (κ1) is 12.1. The second-order valence-corrected chi connectivity index (χ2v) is 3.11. The number of nitrogen functional groups attached to an aromatic ring is 1. The summed E-state index contributed by atoms with van der Waals surface area (Å²) >= 11 is 0. The summed E-state index contributed by atoms with van der Waals surface area (Å²) in [6.07, 6.45) is 0. The van der Waals surface area contributed by atoms with Crippen LogP contribution in [0, 0.1) is 0 Å². The van der Waals surface area contributed by atoms with E-state index in [4.69, 9.17) is 5.73 Å². The highest BCUT2D eigenvalue weighted by Crippen LogP contribution is 2.16. The average Bonchev–Trinajstić information content (AvgIpc) is 2.36. The summed E-state index contributed by atoms with van der Waals surface area (Å²) in [6, 6.07) is 17.7. The van der Waals surface area contributed by atoms with E-state index in [0.717, 1.165) is 17.1 Å². The van der Waals surface area contributed by atoms with E-state index in [9.17, 15) is 0 Å². The second-order valence-electron chi connectivity index (χ2n) is 3.11. The Morgan fingerprint density at radius 2 is 1.25 bits per heavy atom. The van der Waals surface area contributed by atoms with Gasteiger partial charge in [0.15, 0.2) is 0 Å². The molecule has 2 aromatic carbocycles. The van der Waals surface area contributed by atoms with Crippen molar-refractivity contribution in [1.82, 2.24) is 0 Å². The van der Waals surface area contributed by atoms with Crippen LogP contribution in [0.3, 0.4) is 0 Å². The summed E-state index contributed by atoms with van der Waals surface area (Å²) in [5.41, 5.74) is 8.50. The van der Waals surface area contributed by atoms with Crippen LogP contribution in [0.2, 0.25) is 0 Å². The van der Waals surface area contributed by atoms with Crippen molar-refractivity contribution < 1.29 is 0 Å². The Kier molecular flexibility index (Phi) is 4.93. The van der Waals surface area contributed by atoms with Crippen LogP contribution >= 0.6 is 0 Å². The molecule has 0 radical (unpaired) electrons. The first-order valence-corrected chi connectivity index (χ1v) is 5.52. The van der Waals surface area contributed by atoms with Crippen LogP contribution in [-0.4, -0.2) is 0 Å². The highest BCUT2D eigenvalue weighted by Gasteiger charge is 1.92. The quantitative estimate of drug-likeness (QED) is 0.740. The molecule has 84 valence electrons. The first-order chi connectivity index (χ1) is 7.84. The van der Waals surface area contributed by atoms with Crippen molar-refractivity contribution in [3.63, 3.8) is 0 Å². The van der Waals surface area contributed by atoms with Crippen LogP contribution in [0.15, 0.2) is 54.6 Å². The fourth-order valence-corrected chi connectivity index (χ4v) is 1.25. The van der Waals surface area contributed by atoms with Gasteiger partial charge in [-0.05, 0) is 36.4 Å². The SMILES string of the molecule is CC.Nc1ccc(Nc2ccccc2)cc1. The predicted molar refractivity (Wildman–Crippen MR) is 71.9 cm³/mol. The van der Waals surface area contributed by atoms with E-state index < -0.39 is 0 Å². The van der Waals surface area contributed by atoms with Gasteiger partial charge < -0.3 is 11.1 Å². The fourth-order valence-electron chi connectivity index (χ4n) is 1.25. The number of nitrogens with one attached hydrogen (secondary N) is 1. The Morgan fingerprint density at radius 3 is 1.81 bits per heavy atom. The van der Waals surface area contributed by atoms with Crippen LogP contribution < -0.4 is 11.1 Å². The third-order valence-electron chi connectivity index (χ3n) is 1.97. The van der Waals surface area contributed by atoms with Gasteiger partial charge in [0.25, 0.3) is 0 Å². The molecule has 0 saturated carbocycles. The lowest BCUT2D eigenvalue weighted by Gasteiger charge is -2.05. The highest BCUT2D eigenvalue weighted by molar-refractivity contribution is 5.61. The maximum atomic E-state index is 5.59. The molecule has 0 aliphatic carbocycles. The van der Waals surface area contributed by atoms with Crippen LogP contribution in [0.4, 0.5) is 17.1 Å². The summed E-state index contributed by atoms with van der Waals surface area (Å²) in [6.45, 7) is 4.00. The van der Waals surface area contributed by atoms with Gasteiger partial charge in [0.2, 0.25) is 0 Å². The monoisotopic (exact) mass is 214 g/mol. The van der Waals surface area contributed by atoms with Crippen LogP contribution in [0.25, 0.3) is 0 Å². The molecule has 3 N–H and O–H groups in total. The molecular weight excluding hydrogens is 196 g/mol. The minimum atomic E-state index is 0.781. The lowest BCUT2D eigenvalue weighted by molar-refractivity contribution is 1.50. The number of hydrogen-bond acceptors (Lipinski definition) is 2. The number of rotatable bonds is 2. The number of nitrogens with two attached hydrogens (primary N) is 1. The second kappa shape index (κ2) is 6.51. The van der Waals surface area contributed by atoms with Gasteiger partial charge in [-0.3, -0.25) is 0 Å². The third kappa shape index (κ3) is 3.65. The fraction of sp³-hybridized carbons (Fsp3) is 0.143. The topological polar surface area (TPSA) is 38.0 Å². The molecule has 0 aliphatic heterocycles. The zero-order chi connectivity index (χ0) is 11.8. The van der Waals surface area contributed by atoms with E-state index in [-0.39, 0.29) is 0 Å². The molecule has 0 aromatic heterocycles. The van der Waals surface area contributed by atoms with Gasteiger partial charge in [-0.15, -0.1) is 0 Å². The lowest BCUT2D eigenvalue weighted by atomic mass is 10.2. The van der Waals surface area contributed by atoms with Gasteiger partial charge in [0, 0.05) is 17.1 Å². The zero-order valence-electron chi connectivity index (χ0n) is 9.77. The Morgan fingerprint density at radius 1 is 0.750 bits per heavy atom. The molecule has 0 spiro atoms. The molecule has 0 fully saturated rings. The van der Waals surface area contributed by atoms with Crippen molar-refractivity contribution in [1.29, 1.82) is 0 Å². The summed E-state index contributed by atoms with van der Waals surface area (Å²) in [5.74, 6) is 0.